The maximum Gasteiger partial charge on any atom is 0.154 e. The number of unbranched alkanes of at least 4 members (excludes halogenated alkanes) is 1. The molecule has 6 nitrogen and oxygen atoms in total. The van der Waals surface area contributed by atoms with Gasteiger partial charge in [0.25, 0.3) is 0 Å². The normalized spacial score (nSPS) is 11.9. The van der Waals surface area contributed by atoms with Crippen LogP contribution in [-0.4, -0.2) is 47.1 Å². The second-order valence-corrected chi connectivity index (χ2v) is 9.77. The molecule has 42 heavy (non-hydrogen) atoms. The molecule has 0 amide bonds. The van der Waals surface area contributed by atoms with Gasteiger partial charge in [-0.05, 0) is 85.3 Å². The number of ether oxygens (including phenoxy) is 1. The second kappa shape index (κ2) is 48.5. The number of rotatable bonds is 10. The second-order valence-electron chi connectivity index (χ2n) is 9.77. The highest BCUT2D eigenvalue weighted by atomic mass is 16.6. The van der Waals surface area contributed by atoms with Gasteiger partial charge < -0.3 is 14.6 Å². The van der Waals surface area contributed by atoms with Crippen molar-refractivity contribution in [2.24, 2.45) is 5.92 Å². The maximum atomic E-state index is 10.4. The summed E-state index contributed by atoms with van der Waals surface area (Å²) in [6.45, 7) is 37.2. The smallest absolute Gasteiger partial charge is 0.154 e. The van der Waals surface area contributed by atoms with Crippen LogP contribution >= 0.6 is 0 Å². The minimum absolute atomic E-state index is 0.0185. The number of epoxide rings is 1. The van der Waals surface area contributed by atoms with Crippen LogP contribution in [0, 0.1) is 5.92 Å². The zero-order chi connectivity index (χ0) is 35.1. The van der Waals surface area contributed by atoms with Crippen molar-refractivity contribution in [3.8, 4) is 0 Å². The van der Waals surface area contributed by atoms with Crippen molar-refractivity contribution < 1.29 is 29.0 Å². The summed E-state index contributed by atoms with van der Waals surface area (Å²) in [5.41, 5.74) is 0.620. The van der Waals surface area contributed by atoms with Crippen molar-refractivity contribution in [1.29, 1.82) is 0 Å². The van der Waals surface area contributed by atoms with E-state index in [1.165, 1.54) is 39.2 Å². The Balaban J connectivity index is -0.0000000673. The minimum Gasteiger partial charge on any atom is -0.393 e. The van der Waals surface area contributed by atoms with Crippen molar-refractivity contribution >= 4 is 23.1 Å². The van der Waals surface area contributed by atoms with Gasteiger partial charge in [0.1, 0.15) is 11.6 Å². The van der Waals surface area contributed by atoms with E-state index in [1.807, 2.05) is 41.5 Å². The molecule has 1 N–H and O–H groups in total. The number of Topliss-reactive ketones (excluding diaryl/α,β-unsaturated/α-hetero) is 3. The van der Waals surface area contributed by atoms with E-state index < -0.39 is 0 Å². The van der Waals surface area contributed by atoms with Gasteiger partial charge in [-0.1, -0.05) is 87.5 Å². The first-order valence-electron chi connectivity index (χ1n) is 15.6. The van der Waals surface area contributed by atoms with Crippen LogP contribution in [0.1, 0.15) is 148 Å². The Morgan fingerprint density at radius 3 is 1.17 bits per heavy atom. The molecule has 1 rings (SSSR count). The molecule has 6 heteroatoms. The molecule has 0 aromatic rings. The van der Waals surface area contributed by atoms with E-state index in [2.05, 4.69) is 40.5 Å². The molecule has 1 fully saturated rings. The van der Waals surface area contributed by atoms with Crippen molar-refractivity contribution in [2.75, 3.05) is 6.61 Å². The van der Waals surface area contributed by atoms with Gasteiger partial charge in [-0.2, -0.15) is 0 Å². The molecule has 252 valence electrons. The summed E-state index contributed by atoms with van der Waals surface area (Å²) < 4.78 is 4.86. The first kappa shape index (κ1) is 55.7. The molecule has 1 aliphatic heterocycles. The lowest BCUT2D eigenvalue weighted by Crippen LogP contribution is -2.03. The van der Waals surface area contributed by atoms with Crippen molar-refractivity contribution in [3.05, 3.63) is 37.5 Å². The Morgan fingerprint density at radius 2 is 1.17 bits per heavy atom. The molecule has 0 aromatic heterocycles. The van der Waals surface area contributed by atoms with Crippen LogP contribution in [0.15, 0.2) is 37.5 Å². The molecule has 1 saturated heterocycles. The van der Waals surface area contributed by atoms with Gasteiger partial charge in [0.2, 0.25) is 0 Å². The number of aliphatic hydroxyl groups is 1. The molecular formula is C36H72O6. The quantitative estimate of drug-likeness (QED) is 0.152. The van der Waals surface area contributed by atoms with Crippen LogP contribution in [0.3, 0.4) is 0 Å². The van der Waals surface area contributed by atoms with E-state index in [9.17, 15) is 19.2 Å². The standard InChI is InChI=1S/C6H12O.C5H8O.C5H10O.C5H12O.C4H8O.C4H6O.C4H10.C3H6/c1-4-5(2)6(3)7;1-4(2)5(3)6;1-3-4-5(2)6;1-3-5(6)4-2;1-2-4-3-5-4;1-3-4(2)5;1-3-4-2;1-3-2/h5H,4H2,1-3H3;1H2,2-3H3;3-4H2,1-2H3;5-6H,3-4H2,1-2H3;4H,2-3H2,1H3;3H,1H2,2H3;3-4H2,1-2H3;3H,1H2,2H3. The molecule has 0 bridgehead atoms. The fourth-order valence-corrected chi connectivity index (χ4v) is 1.23. The van der Waals surface area contributed by atoms with Gasteiger partial charge in [-0.3, -0.25) is 14.4 Å². The van der Waals surface area contributed by atoms with Gasteiger partial charge in [0.05, 0.1) is 18.8 Å². The number of carbonyl (C=O) groups is 4. The molecule has 0 aliphatic carbocycles. The largest absolute Gasteiger partial charge is 0.393 e. The SMILES string of the molecule is C=C(C)C(C)=O.C=CC.C=CC(C)=O.CCC(C)C(C)=O.CCC(O)CC.CCC1CO1.CCCC.CCCC(C)=O. The lowest BCUT2D eigenvalue weighted by atomic mass is 10.1. The Hall–Kier alpha value is -2.18. The lowest BCUT2D eigenvalue weighted by molar-refractivity contribution is -0.120. The summed E-state index contributed by atoms with van der Waals surface area (Å²) in [6, 6.07) is 0. The Morgan fingerprint density at radius 1 is 0.833 bits per heavy atom. The average molecular weight is 601 g/mol. The van der Waals surface area contributed by atoms with Crippen molar-refractivity contribution in [3.63, 3.8) is 0 Å². The molecular weight excluding hydrogens is 528 g/mol. The van der Waals surface area contributed by atoms with Crippen LogP contribution in [0.5, 0.6) is 0 Å². The highest BCUT2D eigenvalue weighted by molar-refractivity contribution is 5.91. The van der Waals surface area contributed by atoms with Gasteiger partial charge in [-0.25, -0.2) is 0 Å². The first-order chi connectivity index (χ1) is 19.4. The Labute approximate surface area is 262 Å². The summed E-state index contributed by atoms with van der Waals surface area (Å²) in [5.74, 6) is 0.931. The fraction of sp³-hybridized carbons (Fsp3) is 0.722. The molecule has 0 saturated carbocycles. The van der Waals surface area contributed by atoms with Crippen LogP contribution in [0.2, 0.25) is 0 Å². The maximum absolute atomic E-state index is 10.4. The predicted molar refractivity (Wildman–Crippen MR) is 185 cm³/mol. The van der Waals surface area contributed by atoms with Gasteiger partial charge in [0, 0.05) is 12.3 Å². The van der Waals surface area contributed by atoms with E-state index in [4.69, 9.17) is 9.84 Å². The van der Waals surface area contributed by atoms with E-state index in [-0.39, 0.29) is 29.4 Å². The summed E-state index contributed by atoms with van der Waals surface area (Å²) >= 11 is 0. The molecule has 0 spiro atoms. The van der Waals surface area contributed by atoms with Crippen molar-refractivity contribution in [1.82, 2.24) is 0 Å². The highest BCUT2D eigenvalue weighted by Gasteiger charge is 2.18. The number of ketones is 4. The van der Waals surface area contributed by atoms with E-state index >= 15 is 0 Å². The summed E-state index contributed by atoms with van der Waals surface area (Å²) in [7, 11) is 0. The minimum atomic E-state index is -0.0648. The number of hydrogen-bond acceptors (Lipinski definition) is 6. The molecule has 1 aliphatic rings. The zero-order valence-electron chi connectivity index (χ0n) is 30.4. The number of aliphatic hydroxyl groups excluding tert-OH is 1. The molecule has 2 unspecified atom stereocenters. The topological polar surface area (TPSA) is 101 Å². The Bertz CT molecular complexity index is 615. The van der Waals surface area contributed by atoms with Crippen LogP contribution in [-0.2, 0) is 23.9 Å². The highest BCUT2D eigenvalue weighted by Crippen LogP contribution is 2.10. The van der Waals surface area contributed by atoms with E-state index in [0.29, 0.717) is 17.5 Å². The predicted octanol–water partition coefficient (Wildman–Crippen LogP) is 9.87. The summed E-state index contributed by atoms with van der Waals surface area (Å²) in [5, 5.41) is 8.67. The third kappa shape index (κ3) is 98.5. The van der Waals surface area contributed by atoms with E-state index in [0.717, 1.165) is 38.7 Å². The van der Waals surface area contributed by atoms with Crippen LogP contribution in [0.25, 0.3) is 0 Å². The van der Waals surface area contributed by atoms with Gasteiger partial charge >= 0.3 is 0 Å². The Kier molecular flexibility index (Phi) is 64.4. The monoisotopic (exact) mass is 601 g/mol. The van der Waals surface area contributed by atoms with E-state index in [1.54, 1.807) is 26.8 Å². The van der Waals surface area contributed by atoms with Crippen molar-refractivity contribution in [2.45, 2.75) is 161 Å². The summed E-state index contributed by atoms with van der Waals surface area (Å²) in [4.78, 5) is 40.2. The fourth-order valence-electron chi connectivity index (χ4n) is 1.23. The molecule has 0 aromatic carbocycles. The number of carbonyl (C=O) groups excluding carboxylic acids is 4. The third-order valence-electron chi connectivity index (χ3n) is 5.10. The zero-order valence-corrected chi connectivity index (χ0v) is 30.4. The van der Waals surface area contributed by atoms with Crippen LogP contribution in [0.4, 0.5) is 0 Å². The first-order valence-corrected chi connectivity index (χ1v) is 15.6. The van der Waals surface area contributed by atoms with Gasteiger partial charge in [0.15, 0.2) is 11.6 Å². The number of hydrogen-bond donors (Lipinski definition) is 1. The molecule has 0 radical (unpaired) electrons. The lowest BCUT2D eigenvalue weighted by Gasteiger charge is -1.98. The molecule has 2 atom stereocenters. The average Bonchev–Trinajstić information content (AvgIpc) is 3.79. The van der Waals surface area contributed by atoms with Gasteiger partial charge in [-0.15, -0.1) is 6.58 Å². The third-order valence-corrected chi connectivity index (χ3v) is 5.10. The molecule has 1 heterocycles. The number of allylic oxidation sites excluding steroid dienone is 3. The van der Waals surface area contributed by atoms with Crippen LogP contribution < -0.4 is 0 Å². The summed E-state index contributed by atoms with van der Waals surface area (Å²) in [6.07, 6.45) is 11.9.